The Morgan fingerprint density at radius 2 is 2.26 bits per heavy atom. The Hall–Kier alpha value is -1.95. The largest absolute Gasteiger partial charge is 0.469 e. The molecule has 1 atom stereocenters. The first-order valence-electron chi connectivity index (χ1n) is 5.98. The van der Waals surface area contributed by atoms with E-state index in [1.165, 1.54) is 18.2 Å². The molecule has 0 aromatic carbocycles. The first-order valence-corrected chi connectivity index (χ1v) is 5.98. The van der Waals surface area contributed by atoms with Crippen molar-refractivity contribution in [1.29, 1.82) is 0 Å². The minimum absolute atomic E-state index is 0.0925. The van der Waals surface area contributed by atoms with Crippen molar-refractivity contribution >= 4 is 11.9 Å². The van der Waals surface area contributed by atoms with Crippen molar-refractivity contribution in [3.8, 4) is 0 Å². The predicted octanol–water partition coefficient (Wildman–Crippen LogP) is 0.468. The number of hydrogen-bond acceptors (Lipinski definition) is 5. The second kappa shape index (κ2) is 7.48. The molecule has 0 fully saturated rings. The Bertz CT molecular complexity index is 420. The van der Waals surface area contributed by atoms with Gasteiger partial charge >= 0.3 is 5.97 Å². The Labute approximate surface area is 112 Å². The summed E-state index contributed by atoms with van der Waals surface area (Å²) < 4.78 is 4.54. The second-order valence-electron chi connectivity index (χ2n) is 4.17. The summed E-state index contributed by atoms with van der Waals surface area (Å²) in [6, 6.07) is 3.30. The molecule has 0 aliphatic rings. The number of pyridine rings is 1. The molecule has 104 valence electrons. The van der Waals surface area contributed by atoms with Gasteiger partial charge < -0.3 is 14.7 Å². The number of aliphatic hydroxyl groups is 1. The van der Waals surface area contributed by atoms with Gasteiger partial charge in [-0.2, -0.15) is 0 Å². The van der Waals surface area contributed by atoms with Crippen LogP contribution in [0, 0.1) is 0 Å². The molecule has 6 heteroatoms. The Morgan fingerprint density at radius 3 is 2.79 bits per heavy atom. The van der Waals surface area contributed by atoms with Crippen molar-refractivity contribution in [2.45, 2.75) is 19.4 Å². The van der Waals surface area contributed by atoms with E-state index in [0.29, 0.717) is 5.56 Å². The fourth-order valence-corrected chi connectivity index (χ4v) is 1.59. The molecule has 19 heavy (non-hydrogen) atoms. The molecule has 1 amide bonds. The number of carbonyl (C=O) groups is 2. The van der Waals surface area contributed by atoms with Crippen molar-refractivity contribution in [2.75, 3.05) is 20.2 Å². The van der Waals surface area contributed by atoms with Gasteiger partial charge in [0.1, 0.15) is 0 Å². The van der Waals surface area contributed by atoms with Gasteiger partial charge in [-0.3, -0.25) is 14.6 Å². The van der Waals surface area contributed by atoms with Crippen molar-refractivity contribution in [3.63, 3.8) is 0 Å². The van der Waals surface area contributed by atoms with Gasteiger partial charge in [-0.05, 0) is 19.1 Å². The van der Waals surface area contributed by atoms with Crippen LogP contribution >= 0.6 is 0 Å². The number of amides is 1. The van der Waals surface area contributed by atoms with Crippen LogP contribution in [-0.2, 0) is 9.53 Å². The zero-order valence-electron chi connectivity index (χ0n) is 11.1. The Balaban J connectivity index is 2.73. The third-order valence-electron chi connectivity index (χ3n) is 2.49. The number of hydrogen-bond donors (Lipinski definition) is 1. The zero-order valence-corrected chi connectivity index (χ0v) is 11.1. The highest BCUT2D eigenvalue weighted by molar-refractivity contribution is 5.94. The number of esters is 1. The highest BCUT2D eigenvalue weighted by atomic mass is 16.5. The molecule has 1 rings (SSSR count). The fourth-order valence-electron chi connectivity index (χ4n) is 1.59. The molecular formula is C13H18N2O4. The van der Waals surface area contributed by atoms with Crippen molar-refractivity contribution in [2.24, 2.45) is 0 Å². The standard InChI is InChI=1S/C13H18N2O4/c1-10(16)9-15(7-5-12(17)19-2)13(18)11-4-3-6-14-8-11/h3-4,6,8,10,16H,5,7,9H2,1-2H3. The molecule has 1 unspecified atom stereocenters. The average Bonchev–Trinajstić information content (AvgIpc) is 2.42. The molecule has 0 aliphatic carbocycles. The van der Waals surface area contributed by atoms with Crippen LogP contribution in [0.15, 0.2) is 24.5 Å². The van der Waals surface area contributed by atoms with E-state index in [2.05, 4.69) is 9.72 Å². The Morgan fingerprint density at radius 1 is 1.53 bits per heavy atom. The SMILES string of the molecule is COC(=O)CCN(CC(C)O)C(=O)c1cccnc1. The lowest BCUT2D eigenvalue weighted by Gasteiger charge is -2.23. The molecular weight excluding hydrogens is 248 g/mol. The molecule has 0 saturated carbocycles. The van der Waals surface area contributed by atoms with E-state index in [9.17, 15) is 14.7 Å². The minimum atomic E-state index is -0.668. The molecule has 6 nitrogen and oxygen atoms in total. The monoisotopic (exact) mass is 266 g/mol. The first-order chi connectivity index (χ1) is 9.04. The van der Waals surface area contributed by atoms with E-state index in [4.69, 9.17) is 0 Å². The van der Waals surface area contributed by atoms with Gasteiger partial charge in [0.15, 0.2) is 0 Å². The molecule has 1 aromatic heterocycles. The summed E-state index contributed by atoms with van der Waals surface area (Å²) in [6.07, 6.45) is 2.45. The topological polar surface area (TPSA) is 79.7 Å². The van der Waals surface area contributed by atoms with Crippen LogP contribution in [0.25, 0.3) is 0 Å². The van der Waals surface area contributed by atoms with Crippen molar-refractivity contribution in [3.05, 3.63) is 30.1 Å². The van der Waals surface area contributed by atoms with Crippen LogP contribution in [0.5, 0.6) is 0 Å². The van der Waals surface area contributed by atoms with Gasteiger partial charge in [0.2, 0.25) is 0 Å². The number of carbonyl (C=O) groups excluding carboxylic acids is 2. The maximum atomic E-state index is 12.2. The third kappa shape index (κ3) is 5.05. The van der Waals surface area contributed by atoms with E-state index in [-0.39, 0.29) is 25.4 Å². The number of rotatable bonds is 6. The number of aromatic nitrogens is 1. The lowest BCUT2D eigenvalue weighted by Crippen LogP contribution is -2.38. The minimum Gasteiger partial charge on any atom is -0.469 e. The lowest BCUT2D eigenvalue weighted by atomic mass is 10.2. The molecule has 0 bridgehead atoms. The smallest absolute Gasteiger partial charge is 0.307 e. The lowest BCUT2D eigenvalue weighted by molar-refractivity contribution is -0.140. The van der Waals surface area contributed by atoms with Crippen LogP contribution in [0.3, 0.4) is 0 Å². The molecule has 1 N–H and O–H groups in total. The van der Waals surface area contributed by atoms with Crippen LogP contribution in [0.4, 0.5) is 0 Å². The molecule has 1 aromatic rings. The van der Waals surface area contributed by atoms with Crippen LogP contribution in [-0.4, -0.2) is 53.2 Å². The highest BCUT2D eigenvalue weighted by Crippen LogP contribution is 2.05. The van der Waals surface area contributed by atoms with Gasteiger partial charge in [-0.1, -0.05) is 0 Å². The molecule has 0 radical (unpaired) electrons. The molecule has 0 saturated heterocycles. The van der Waals surface area contributed by atoms with Crippen molar-refractivity contribution < 1.29 is 19.4 Å². The number of ether oxygens (including phenoxy) is 1. The summed E-state index contributed by atoms with van der Waals surface area (Å²) in [5.41, 5.74) is 0.424. The van der Waals surface area contributed by atoms with Gasteiger partial charge in [-0.15, -0.1) is 0 Å². The van der Waals surface area contributed by atoms with E-state index in [1.54, 1.807) is 25.3 Å². The summed E-state index contributed by atoms with van der Waals surface area (Å²) in [5, 5.41) is 9.42. The fraction of sp³-hybridized carbons (Fsp3) is 0.462. The summed E-state index contributed by atoms with van der Waals surface area (Å²) in [6.45, 7) is 1.94. The third-order valence-corrected chi connectivity index (χ3v) is 2.49. The summed E-state index contributed by atoms with van der Waals surface area (Å²) in [4.78, 5) is 28.6. The van der Waals surface area contributed by atoms with Crippen molar-refractivity contribution in [1.82, 2.24) is 9.88 Å². The average molecular weight is 266 g/mol. The van der Waals surface area contributed by atoms with Crippen LogP contribution < -0.4 is 0 Å². The van der Waals surface area contributed by atoms with E-state index in [1.807, 2.05) is 0 Å². The zero-order chi connectivity index (χ0) is 14.3. The molecule has 0 aliphatic heterocycles. The summed E-state index contributed by atoms with van der Waals surface area (Å²) in [7, 11) is 1.30. The Kier molecular flexibility index (Phi) is 5.95. The maximum Gasteiger partial charge on any atom is 0.307 e. The highest BCUT2D eigenvalue weighted by Gasteiger charge is 2.18. The summed E-state index contributed by atoms with van der Waals surface area (Å²) in [5.74, 6) is -0.660. The maximum absolute atomic E-state index is 12.2. The predicted molar refractivity (Wildman–Crippen MR) is 68.5 cm³/mol. The van der Waals surface area contributed by atoms with Crippen LogP contribution in [0.1, 0.15) is 23.7 Å². The normalized spacial score (nSPS) is 11.7. The van der Waals surface area contributed by atoms with Gasteiger partial charge in [-0.25, -0.2) is 0 Å². The number of methoxy groups -OCH3 is 1. The van der Waals surface area contributed by atoms with E-state index in [0.717, 1.165) is 0 Å². The first kappa shape index (κ1) is 15.1. The van der Waals surface area contributed by atoms with Gasteiger partial charge in [0.25, 0.3) is 5.91 Å². The summed E-state index contributed by atoms with van der Waals surface area (Å²) >= 11 is 0. The number of nitrogens with zero attached hydrogens (tertiary/aromatic N) is 2. The van der Waals surface area contributed by atoms with E-state index < -0.39 is 12.1 Å². The van der Waals surface area contributed by atoms with Gasteiger partial charge in [0, 0.05) is 25.5 Å². The quantitative estimate of drug-likeness (QED) is 0.757. The van der Waals surface area contributed by atoms with E-state index >= 15 is 0 Å². The van der Waals surface area contributed by atoms with Gasteiger partial charge in [0.05, 0.1) is 25.2 Å². The number of aliphatic hydroxyl groups excluding tert-OH is 1. The molecule has 1 heterocycles. The van der Waals surface area contributed by atoms with Crippen LogP contribution in [0.2, 0.25) is 0 Å². The molecule has 0 spiro atoms. The second-order valence-corrected chi connectivity index (χ2v) is 4.17.